The van der Waals surface area contributed by atoms with E-state index in [4.69, 9.17) is 10.8 Å². The Kier molecular flexibility index (Phi) is 4.11. The minimum atomic E-state index is -0.782. The van der Waals surface area contributed by atoms with Crippen LogP contribution in [0.5, 0.6) is 0 Å². The molecule has 1 heterocycles. The molecular formula is C11H22N2O2. The molecule has 3 N–H and O–H groups in total. The van der Waals surface area contributed by atoms with Crippen LogP contribution in [0.15, 0.2) is 0 Å². The molecule has 0 spiro atoms. The van der Waals surface area contributed by atoms with Gasteiger partial charge in [-0.3, -0.25) is 4.79 Å². The Morgan fingerprint density at radius 1 is 1.47 bits per heavy atom. The van der Waals surface area contributed by atoms with Gasteiger partial charge in [-0.25, -0.2) is 0 Å². The number of carbonyl (C=O) groups is 1. The van der Waals surface area contributed by atoms with E-state index in [0.717, 1.165) is 32.4 Å². The van der Waals surface area contributed by atoms with Crippen molar-refractivity contribution in [1.82, 2.24) is 4.90 Å². The van der Waals surface area contributed by atoms with E-state index in [-0.39, 0.29) is 6.42 Å². The summed E-state index contributed by atoms with van der Waals surface area (Å²) in [7, 11) is 0. The summed E-state index contributed by atoms with van der Waals surface area (Å²) in [5.41, 5.74) is 5.62. The van der Waals surface area contributed by atoms with Crippen LogP contribution in [-0.2, 0) is 4.79 Å². The lowest BCUT2D eigenvalue weighted by Crippen LogP contribution is -2.43. The normalized spacial score (nSPS) is 29.1. The average Bonchev–Trinajstić information content (AvgIpc) is 2.25. The molecule has 4 heteroatoms. The Bertz CT molecular complexity index is 231. The summed E-state index contributed by atoms with van der Waals surface area (Å²) in [6.45, 7) is 6.29. The number of carboxylic acid groups (broad SMARTS) is 1. The third-order valence-corrected chi connectivity index (χ3v) is 3.25. The van der Waals surface area contributed by atoms with Gasteiger partial charge < -0.3 is 15.7 Å². The lowest BCUT2D eigenvalue weighted by molar-refractivity contribution is -0.138. The lowest BCUT2D eigenvalue weighted by atomic mass is 9.88. The molecule has 0 aliphatic carbocycles. The fraction of sp³-hybridized carbons (Fsp3) is 0.909. The highest BCUT2D eigenvalue weighted by Gasteiger charge is 2.31. The lowest BCUT2D eigenvalue weighted by Gasteiger charge is -2.27. The van der Waals surface area contributed by atoms with Crippen LogP contribution in [0.25, 0.3) is 0 Å². The van der Waals surface area contributed by atoms with Crippen molar-refractivity contribution in [2.24, 2.45) is 5.73 Å². The predicted molar refractivity (Wildman–Crippen MR) is 59.7 cm³/mol. The first-order chi connectivity index (χ1) is 6.93. The van der Waals surface area contributed by atoms with Crippen LogP contribution in [0, 0.1) is 0 Å². The Hall–Kier alpha value is -0.610. The highest BCUT2D eigenvalue weighted by atomic mass is 16.4. The largest absolute Gasteiger partial charge is 0.481 e. The molecular weight excluding hydrogens is 192 g/mol. The molecule has 0 aromatic rings. The standard InChI is InChI=1S/C11H22N2O2/c1-9(2)13-6-3-4-11(12,5-7-13)8-10(14)15/h9H,3-8,12H2,1-2H3,(H,14,15). The van der Waals surface area contributed by atoms with E-state index in [9.17, 15) is 4.79 Å². The Morgan fingerprint density at radius 2 is 2.13 bits per heavy atom. The second-order valence-corrected chi connectivity index (χ2v) is 4.92. The second-order valence-electron chi connectivity index (χ2n) is 4.92. The Balaban J connectivity index is 2.54. The molecule has 1 saturated heterocycles. The third-order valence-electron chi connectivity index (χ3n) is 3.25. The van der Waals surface area contributed by atoms with Crippen molar-refractivity contribution >= 4 is 5.97 Å². The minimum absolute atomic E-state index is 0.0962. The number of nitrogens with zero attached hydrogens (tertiary/aromatic N) is 1. The summed E-state index contributed by atoms with van der Waals surface area (Å²) < 4.78 is 0. The van der Waals surface area contributed by atoms with E-state index < -0.39 is 11.5 Å². The van der Waals surface area contributed by atoms with E-state index in [1.165, 1.54) is 0 Å². The Morgan fingerprint density at radius 3 is 2.67 bits per heavy atom. The number of nitrogens with two attached hydrogens (primary N) is 1. The Labute approximate surface area is 91.4 Å². The zero-order chi connectivity index (χ0) is 11.5. The molecule has 1 fully saturated rings. The van der Waals surface area contributed by atoms with Crippen molar-refractivity contribution in [3.63, 3.8) is 0 Å². The van der Waals surface area contributed by atoms with Gasteiger partial charge >= 0.3 is 5.97 Å². The van der Waals surface area contributed by atoms with Crippen molar-refractivity contribution in [2.75, 3.05) is 13.1 Å². The molecule has 1 aliphatic rings. The fourth-order valence-electron chi connectivity index (χ4n) is 2.23. The molecule has 4 nitrogen and oxygen atoms in total. The number of likely N-dealkylation sites (tertiary alicyclic amines) is 1. The van der Waals surface area contributed by atoms with Crippen LogP contribution in [-0.4, -0.2) is 40.6 Å². The SMILES string of the molecule is CC(C)N1CCCC(N)(CC(=O)O)CC1. The van der Waals surface area contributed by atoms with E-state index in [0.29, 0.717) is 6.04 Å². The van der Waals surface area contributed by atoms with Crippen molar-refractivity contribution in [2.45, 2.75) is 51.1 Å². The molecule has 88 valence electrons. The molecule has 0 radical (unpaired) electrons. The highest BCUT2D eigenvalue weighted by Crippen LogP contribution is 2.24. The van der Waals surface area contributed by atoms with Gasteiger partial charge in [0.1, 0.15) is 0 Å². The number of rotatable bonds is 3. The minimum Gasteiger partial charge on any atom is -0.481 e. The van der Waals surface area contributed by atoms with Crippen LogP contribution in [0.4, 0.5) is 0 Å². The topological polar surface area (TPSA) is 66.6 Å². The van der Waals surface area contributed by atoms with Crippen LogP contribution >= 0.6 is 0 Å². The second kappa shape index (κ2) is 4.94. The van der Waals surface area contributed by atoms with E-state index in [1.54, 1.807) is 0 Å². The van der Waals surface area contributed by atoms with Crippen LogP contribution in [0.1, 0.15) is 39.5 Å². The van der Waals surface area contributed by atoms with Crippen LogP contribution in [0.3, 0.4) is 0 Å². The summed E-state index contributed by atoms with van der Waals surface area (Å²) >= 11 is 0. The van der Waals surface area contributed by atoms with E-state index in [1.807, 2.05) is 0 Å². The van der Waals surface area contributed by atoms with Gasteiger partial charge in [-0.2, -0.15) is 0 Å². The zero-order valence-electron chi connectivity index (χ0n) is 9.70. The molecule has 1 aliphatic heterocycles. The summed E-state index contributed by atoms with van der Waals surface area (Å²) in [5.74, 6) is -0.782. The van der Waals surface area contributed by atoms with Gasteiger partial charge in [-0.1, -0.05) is 0 Å². The van der Waals surface area contributed by atoms with Crippen molar-refractivity contribution < 1.29 is 9.90 Å². The first kappa shape index (κ1) is 12.5. The first-order valence-corrected chi connectivity index (χ1v) is 5.68. The van der Waals surface area contributed by atoms with Crippen molar-refractivity contribution in [1.29, 1.82) is 0 Å². The van der Waals surface area contributed by atoms with Crippen molar-refractivity contribution in [3.8, 4) is 0 Å². The van der Waals surface area contributed by atoms with Gasteiger partial charge in [0.05, 0.1) is 6.42 Å². The molecule has 1 unspecified atom stereocenters. The molecule has 1 rings (SSSR count). The van der Waals surface area contributed by atoms with Gasteiger partial charge in [0.15, 0.2) is 0 Å². The highest BCUT2D eigenvalue weighted by molar-refractivity contribution is 5.68. The van der Waals surface area contributed by atoms with Gasteiger partial charge in [0.2, 0.25) is 0 Å². The molecule has 0 bridgehead atoms. The van der Waals surface area contributed by atoms with Gasteiger partial charge in [0, 0.05) is 18.1 Å². The number of carboxylic acids is 1. The van der Waals surface area contributed by atoms with Crippen LogP contribution in [0.2, 0.25) is 0 Å². The summed E-state index contributed by atoms with van der Waals surface area (Å²) in [4.78, 5) is 13.1. The summed E-state index contributed by atoms with van der Waals surface area (Å²) in [6.07, 6.45) is 2.71. The van der Waals surface area contributed by atoms with Crippen LogP contribution < -0.4 is 5.73 Å². The van der Waals surface area contributed by atoms with Crippen molar-refractivity contribution in [3.05, 3.63) is 0 Å². The maximum Gasteiger partial charge on any atom is 0.305 e. The molecule has 1 atom stereocenters. The maximum atomic E-state index is 10.7. The predicted octanol–water partition coefficient (Wildman–Crippen LogP) is 1.05. The fourth-order valence-corrected chi connectivity index (χ4v) is 2.23. The monoisotopic (exact) mass is 214 g/mol. The molecule has 15 heavy (non-hydrogen) atoms. The number of aliphatic carboxylic acids is 1. The molecule has 0 aromatic heterocycles. The third kappa shape index (κ3) is 3.80. The van der Waals surface area contributed by atoms with Gasteiger partial charge in [-0.15, -0.1) is 0 Å². The maximum absolute atomic E-state index is 10.7. The quantitative estimate of drug-likeness (QED) is 0.737. The number of hydrogen-bond acceptors (Lipinski definition) is 3. The van der Waals surface area contributed by atoms with E-state index in [2.05, 4.69) is 18.7 Å². The van der Waals surface area contributed by atoms with E-state index >= 15 is 0 Å². The zero-order valence-corrected chi connectivity index (χ0v) is 9.70. The molecule has 0 aromatic carbocycles. The molecule has 0 amide bonds. The summed E-state index contributed by atoms with van der Waals surface area (Å²) in [6, 6.07) is 0.525. The smallest absolute Gasteiger partial charge is 0.305 e. The first-order valence-electron chi connectivity index (χ1n) is 5.68. The van der Waals surface area contributed by atoms with Gasteiger partial charge in [-0.05, 0) is 39.7 Å². The average molecular weight is 214 g/mol. The molecule has 0 saturated carbocycles. The number of hydrogen-bond donors (Lipinski definition) is 2. The van der Waals surface area contributed by atoms with Gasteiger partial charge in [0.25, 0.3) is 0 Å². The summed E-state index contributed by atoms with van der Waals surface area (Å²) in [5, 5.41) is 8.80.